The molecular weight excluding hydrogens is 358 g/mol. The van der Waals surface area contributed by atoms with Gasteiger partial charge in [0.2, 0.25) is 11.8 Å². The molecular formula is C18H18ClN3O4. The lowest BCUT2D eigenvalue weighted by atomic mass is 9.85. The summed E-state index contributed by atoms with van der Waals surface area (Å²) in [6, 6.07) is 5.12. The van der Waals surface area contributed by atoms with E-state index in [2.05, 4.69) is 10.9 Å². The number of carbonyl (C=O) groups is 4. The second-order valence-corrected chi connectivity index (χ2v) is 6.76. The number of allylic oxidation sites excluding steroid dienone is 2. The Balaban J connectivity index is 1.61. The summed E-state index contributed by atoms with van der Waals surface area (Å²) in [7, 11) is 0. The van der Waals surface area contributed by atoms with Crippen molar-refractivity contribution in [1.29, 1.82) is 0 Å². The molecule has 3 atom stereocenters. The zero-order chi connectivity index (χ0) is 18.8. The zero-order valence-electron chi connectivity index (χ0n) is 14.1. The molecule has 136 valence electrons. The number of hydrogen-bond donors (Lipinski definition) is 2. The molecule has 2 N–H and O–H groups in total. The van der Waals surface area contributed by atoms with Crippen LogP contribution in [-0.2, 0) is 14.4 Å². The molecule has 2 aliphatic rings. The van der Waals surface area contributed by atoms with Crippen LogP contribution in [0.3, 0.4) is 0 Å². The van der Waals surface area contributed by atoms with Crippen LogP contribution < -0.4 is 10.9 Å². The SMILES string of the molecule is C[C@@H](C(=O)NNC(=O)c1ccc(Cl)cc1)N1C(=O)C2CC=CCC2C1=O. The number of rotatable bonds is 3. The quantitative estimate of drug-likeness (QED) is 0.474. The van der Waals surface area contributed by atoms with E-state index in [0.29, 0.717) is 23.4 Å². The minimum absolute atomic E-state index is 0.313. The molecule has 4 amide bonds. The predicted octanol–water partition coefficient (Wildman–Crippen LogP) is 1.44. The topological polar surface area (TPSA) is 95.6 Å². The normalized spacial score (nSPS) is 22.8. The van der Waals surface area contributed by atoms with Crippen LogP contribution in [-0.4, -0.2) is 34.6 Å². The van der Waals surface area contributed by atoms with Gasteiger partial charge in [-0.2, -0.15) is 0 Å². The van der Waals surface area contributed by atoms with Crippen molar-refractivity contribution in [2.24, 2.45) is 11.8 Å². The molecule has 1 aliphatic heterocycles. The fourth-order valence-corrected chi connectivity index (χ4v) is 3.35. The lowest BCUT2D eigenvalue weighted by Gasteiger charge is -2.22. The fraction of sp³-hybridized carbons (Fsp3) is 0.333. The number of carbonyl (C=O) groups excluding carboxylic acids is 4. The van der Waals surface area contributed by atoms with Crippen molar-refractivity contribution in [2.45, 2.75) is 25.8 Å². The molecule has 1 saturated heterocycles. The van der Waals surface area contributed by atoms with Gasteiger partial charge in [0, 0.05) is 10.6 Å². The zero-order valence-corrected chi connectivity index (χ0v) is 14.8. The molecule has 1 heterocycles. The van der Waals surface area contributed by atoms with Crippen LogP contribution in [0.25, 0.3) is 0 Å². The van der Waals surface area contributed by atoms with E-state index in [4.69, 9.17) is 11.6 Å². The Morgan fingerprint density at radius 2 is 1.58 bits per heavy atom. The molecule has 1 aromatic rings. The molecule has 1 aliphatic carbocycles. The number of nitrogens with one attached hydrogen (secondary N) is 2. The summed E-state index contributed by atoms with van der Waals surface area (Å²) in [6.07, 6.45) is 4.78. The largest absolute Gasteiger partial charge is 0.274 e. The first-order valence-electron chi connectivity index (χ1n) is 8.28. The Hall–Kier alpha value is -2.67. The highest BCUT2D eigenvalue weighted by Crippen LogP contribution is 2.35. The second-order valence-electron chi connectivity index (χ2n) is 6.33. The molecule has 0 aromatic heterocycles. The monoisotopic (exact) mass is 375 g/mol. The first kappa shape index (κ1) is 18.1. The third-order valence-corrected chi connectivity index (χ3v) is 4.97. The Morgan fingerprint density at radius 1 is 1.04 bits per heavy atom. The van der Waals surface area contributed by atoms with E-state index < -0.39 is 29.7 Å². The van der Waals surface area contributed by atoms with E-state index in [9.17, 15) is 19.2 Å². The van der Waals surface area contributed by atoms with Crippen LogP contribution >= 0.6 is 11.6 Å². The van der Waals surface area contributed by atoms with Gasteiger partial charge in [0.05, 0.1) is 11.8 Å². The molecule has 26 heavy (non-hydrogen) atoms. The van der Waals surface area contributed by atoms with Gasteiger partial charge in [0.25, 0.3) is 11.8 Å². The molecule has 0 saturated carbocycles. The number of imide groups is 1. The molecule has 0 spiro atoms. The highest BCUT2D eigenvalue weighted by atomic mass is 35.5. The maximum atomic E-state index is 12.5. The highest BCUT2D eigenvalue weighted by molar-refractivity contribution is 6.30. The summed E-state index contributed by atoms with van der Waals surface area (Å²) in [5.74, 6) is -2.63. The van der Waals surface area contributed by atoms with Crippen molar-refractivity contribution in [3.05, 3.63) is 47.0 Å². The first-order valence-corrected chi connectivity index (χ1v) is 8.65. The van der Waals surface area contributed by atoms with Crippen LogP contribution in [0.4, 0.5) is 0 Å². The number of amides is 4. The maximum absolute atomic E-state index is 12.5. The average Bonchev–Trinajstić information content (AvgIpc) is 2.90. The van der Waals surface area contributed by atoms with Crippen LogP contribution in [0.5, 0.6) is 0 Å². The summed E-state index contributed by atoms with van der Waals surface area (Å²) >= 11 is 5.76. The average molecular weight is 376 g/mol. The lowest BCUT2D eigenvalue weighted by molar-refractivity contribution is -0.147. The Labute approximate surface area is 155 Å². The standard InChI is InChI=1S/C18H18ClN3O4/c1-10(22-17(25)13-4-2-3-5-14(13)18(22)26)15(23)20-21-16(24)11-6-8-12(19)9-7-11/h2-3,6-10,13-14H,4-5H2,1H3,(H,20,23)(H,21,24)/t10-,13?,14?/m0/s1. The summed E-state index contributed by atoms with van der Waals surface area (Å²) < 4.78 is 0. The van der Waals surface area contributed by atoms with Crippen LogP contribution in [0, 0.1) is 11.8 Å². The summed E-state index contributed by atoms with van der Waals surface area (Å²) in [4.78, 5) is 50.3. The smallest absolute Gasteiger partial charge is 0.269 e. The van der Waals surface area contributed by atoms with E-state index in [1.54, 1.807) is 12.1 Å². The number of likely N-dealkylation sites (tertiary alicyclic amines) is 1. The Morgan fingerprint density at radius 3 is 2.12 bits per heavy atom. The van der Waals surface area contributed by atoms with Gasteiger partial charge in [0.1, 0.15) is 6.04 Å². The summed E-state index contributed by atoms with van der Waals surface area (Å²) in [5, 5.41) is 0.487. The second kappa shape index (κ2) is 7.29. The fourth-order valence-electron chi connectivity index (χ4n) is 3.22. The Kier molecular flexibility index (Phi) is 5.08. The van der Waals surface area contributed by atoms with Crippen molar-refractivity contribution in [1.82, 2.24) is 15.8 Å². The number of hydrogen-bond acceptors (Lipinski definition) is 4. The van der Waals surface area contributed by atoms with Gasteiger partial charge in [-0.05, 0) is 44.0 Å². The number of fused-ring (bicyclic) bond motifs is 1. The molecule has 1 aromatic carbocycles. The summed E-state index contributed by atoms with van der Waals surface area (Å²) in [5.41, 5.74) is 4.85. The van der Waals surface area contributed by atoms with Gasteiger partial charge in [-0.15, -0.1) is 0 Å². The molecule has 0 bridgehead atoms. The number of halogens is 1. The van der Waals surface area contributed by atoms with Crippen molar-refractivity contribution >= 4 is 35.2 Å². The molecule has 3 rings (SSSR count). The highest BCUT2D eigenvalue weighted by Gasteiger charge is 2.50. The van der Waals surface area contributed by atoms with E-state index in [0.717, 1.165) is 4.90 Å². The van der Waals surface area contributed by atoms with Gasteiger partial charge in [-0.3, -0.25) is 34.9 Å². The van der Waals surface area contributed by atoms with E-state index >= 15 is 0 Å². The molecule has 2 unspecified atom stereocenters. The number of hydrazine groups is 1. The predicted molar refractivity (Wildman–Crippen MR) is 93.7 cm³/mol. The third kappa shape index (κ3) is 3.35. The number of nitrogens with zero attached hydrogens (tertiary/aromatic N) is 1. The van der Waals surface area contributed by atoms with Crippen molar-refractivity contribution in [3.63, 3.8) is 0 Å². The van der Waals surface area contributed by atoms with Crippen molar-refractivity contribution in [3.8, 4) is 0 Å². The van der Waals surface area contributed by atoms with E-state index in [1.165, 1.54) is 19.1 Å². The lowest BCUT2D eigenvalue weighted by Crippen LogP contribution is -2.53. The molecule has 0 radical (unpaired) electrons. The van der Waals surface area contributed by atoms with Gasteiger partial charge in [-0.25, -0.2) is 0 Å². The molecule has 1 fully saturated rings. The van der Waals surface area contributed by atoms with Crippen LogP contribution in [0.15, 0.2) is 36.4 Å². The van der Waals surface area contributed by atoms with Gasteiger partial charge < -0.3 is 0 Å². The Bertz CT molecular complexity index is 764. The van der Waals surface area contributed by atoms with E-state index in [1.807, 2.05) is 12.2 Å². The van der Waals surface area contributed by atoms with Gasteiger partial charge >= 0.3 is 0 Å². The van der Waals surface area contributed by atoms with Crippen molar-refractivity contribution in [2.75, 3.05) is 0 Å². The van der Waals surface area contributed by atoms with E-state index in [-0.39, 0.29) is 11.8 Å². The van der Waals surface area contributed by atoms with Gasteiger partial charge in [-0.1, -0.05) is 23.8 Å². The third-order valence-electron chi connectivity index (χ3n) is 4.71. The van der Waals surface area contributed by atoms with Crippen LogP contribution in [0.1, 0.15) is 30.1 Å². The van der Waals surface area contributed by atoms with Gasteiger partial charge in [0.15, 0.2) is 0 Å². The molecule has 7 nitrogen and oxygen atoms in total. The number of benzene rings is 1. The first-order chi connectivity index (χ1) is 12.4. The van der Waals surface area contributed by atoms with Crippen molar-refractivity contribution < 1.29 is 19.2 Å². The maximum Gasteiger partial charge on any atom is 0.269 e. The minimum atomic E-state index is -1.01. The minimum Gasteiger partial charge on any atom is -0.274 e. The van der Waals surface area contributed by atoms with Crippen LogP contribution in [0.2, 0.25) is 5.02 Å². The molecule has 8 heteroatoms. The summed E-state index contributed by atoms with van der Waals surface area (Å²) in [6.45, 7) is 1.46.